The SMILES string of the molecule is Cc1c(C(C)NCc2ccccc2Br)sc2ccccc12. The van der Waals surface area contributed by atoms with Crippen molar-refractivity contribution in [2.24, 2.45) is 0 Å². The van der Waals surface area contributed by atoms with Crippen LogP contribution >= 0.6 is 27.3 Å². The minimum atomic E-state index is 0.356. The Kier molecular flexibility index (Phi) is 4.43. The van der Waals surface area contributed by atoms with Gasteiger partial charge in [0.15, 0.2) is 0 Å². The molecule has 0 amide bonds. The maximum Gasteiger partial charge on any atom is 0.0391 e. The molecule has 0 radical (unpaired) electrons. The van der Waals surface area contributed by atoms with Crippen LogP contribution in [-0.4, -0.2) is 0 Å². The van der Waals surface area contributed by atoms with Gasteiger partial charge in [0.05, 0.1) is 0 Å². The van der Waals surface area contributed by atoms with E-state index in [0.29, 0.717) is 6.04 Å². The van der Waals surface area contributed by atoms with Crippen molar-refractivity contribution in [1.29, 1.82) is 0 Å². The van der Waals surface area contributed by atoms with Gasteiger partial charge in [-0.15, -0.1) is 11.3 Å². The molecular weight excluding hydrogens is 342 g/mol. The summed E-state index contributed by atoms with van der Waals surface area (Å²) in [5, 5.41) is 5.02. The molecule has 0 spiro atoms. The summed E-state index contributed by atoms with van der Waals surface area (Å²) >= 11 is 5.50. The van der Waals surface area contributed by atoms with Crippen molar-refractivity contribution in [3.05, 3.63) is 69.0 Å². The largest absolute Gasteiger partial charge is 0.305 e. The zero-order valence-corrected chi connectivity index (χ0v) is 14.6. The fraction of sp³-hybridized carbons (Fsp3) is 0.222. The van der Waals surface area contributed by atoms with Crippen LogP contribution in [0.3, 0.4) is 0 Å². The minimum absolute atomic E-state index is 0.356. The van der Waals surface area contributed by atoms with E-state index in [1.54, 1.807) is 0 Å². The van der Waals surface area contributed by atoms with Crippen LogP contribution in [0.2, 0.25) is 0 Å². The summed E-state index contributed by atoms with van der Waals surface area (Å²) < 4.78 is 2.54. The standard InChI is InChI=1S/C18H18BrNS/c1-12-15-8-4-6-10-17(15)21-18(12)13(2)20-11-14-7-3-5-9-16(14)19/h3-10,13,20H,11H2,1-2H3. The van der Waals surface area contributed by atoms with E-state index in [0.717, 1.165) is 11.0 Å². The Balaban J connectivity index is 1.80. The van der Waals surface area contributed by atoms with Gasteiger partial charge >= 0.3 is 0 Å². The Hall–Kier alpha value is -1.16. The molecule has 0 fully saturated rings. The molecule has 3 heteroatoms. The molecule has 1 N–H and O–H groups in total. The molecule has 0 bridgehead atoms. The fourth-order valence-corrected chi connectivity index (χ4v) is 4.27. The predicted molar refractivity (Wildman–Crippen MR) is 96.0 cm³/mol. The fourth-order valence-electron chi connectivity index (χ4n) is 2.60. The molecule has 0 saturated heterocycles. The predicted octanol–water partition coefficient (Wildman–Crippen LogP) is 5.82. The van der Waals surface area contributed by atoms with E-state index < -0.39 is 0 Å². The van der Waals surface area contributed by atoms with Gasteiger partial charge in [-0.25, -0.2) is 0 Å². The Morgan fingerprint density at radius 3 is 2.57 bits per heavy atom. The second-order valence-electron chi connectivity index (χ2n) is 5.28. The molecule has 2 aromatic carbocycles. The lowest BCUT2D eigenvalue weighted by atomic mass is 10.1. The molecule has 0 saturated carbocycles. The van der Waals surface area contributed by atoms with Crippen molar-refractivity contribution >= 4 is 37.4 Å². The molecule has 1 nitrogen and oxygen atoms in total. The van der Waals surface area contributed by atoms with Gasteiger partial charge in [-0.1, -0.05) is 52.3 Å². The zero-order chi connectivity index (χ0) is 14.8. The summed E-state index contributed by atoms with van der Waals surface area (Å²) in [6.45, 7) is 5.34. The normalized spacial score (nSPS) is 12.7. The third-order valence-electron chi connectivity index (χ3n) is 3.83. The highest BCUT2D eigenvalue weighted by atomic mass is 79.9. The highest BCUT2D eigenvalue weighted by Crippen LogP contribution is 2.34. The van der Waals surface area contributed by atoms with Crippen molar-refractivity contribution in [2.45, 2.75) is 26.4 Å². The van der Waals surface area contributed by atoms with Crippen LogP contribution in [0.1, 0.15) is 29.0 Å². The molecule has 0 aliphatic rings. The van der Waals surface area contributed by atoms with Gasteiger partial charge in [-0.3, -0.25) is 0 Å². The monoisotopic (exact) mass is 359 g/mol. The van der Waals surface area contributed by atoms with Crippen LogP contribution < -0.4 is 5.32 Å². The number of aryl methyl sites for hydroxylation is 1. The van der Waals surface area contributed by atoms with Gasteiger partial charge in [-0.05, 0) is 42.5 Å². The summed E-state index contributed by atoms with van der Waals surface area (Å²) in [6, 6.07) is 17.4. The van der Waals surface area contributed by atoms with E-state index >= 15 is 0 Å². The summed E-state index contributed by atoms with van der Waals surface area (Å²) in [6.07, 6.45) is 0. The lowest BCUT2D eigenvalue weighted by Crippen LogP contribution is -2.18. The molecule has 1 heterocycles. The Labute approximate surface area is 138 Å². The number of hydrogen-bond donors (Lipinski definition) is 1. The van der Waals surface area contributed by atoms with Crippen molar-refractivity contribution in [2.75, 3.05) is 0 Å². The number of fused-ring (bicyclic) bond motifs is 1. The van der Waals surface area contributed by atoms with Crippen molar-refractivity contribution in [1.82, 2.24) is 5.32 Å². The Morgan fingerprint density at radius 1 is 1.10 bits per heavy atom. The summed E-state index contributed by atoms with van der Waals surface area (Å²) in [5.74, 6) is 0. The molecule has 0 aliphatic heterocycles. The van der Waals surface area contributed by atoms with E-state index in [2.05, 4.69) is 77.6 Å². The molecule has 3 aromatic rings. The number of hydrogen-bond acceptors (Lipinski definition) is 2. The summed E-state index contributed by atoms with van der Waals surface area (Å²) in [5.41, 5.74) is 2.70. The zero-order valence-electron chi connectivity index (χ0n) is 12.2. The maximum atomic E-state index is 3.64. The average molecular weight is 360 g/mol. The number of benzene rings is 2. The first-order chi connectivity index (χ1) is 10.2. The minimum Gasteiger partial charge on any atom is -0.305 e. The highest BCUT2D eigenvalue weighted by molar-refractivity contribution is 9.10. The Morgan fingerprint density at radius 2 is 1.81 bits per heavy atom. The molecule has 0 aliphatic carbocycles. The number of halogens is 1. The topological polar surface area (TPSA) is 12.0 Å². The smallest absolute Gasteiger partial charge is 0.0391 e. The van der Waals surface area contributed by atoms with Crippen LogP contribution in [0.4, 0.5) is 0 Å². The van der Waals surface area contributed by atoms with Crippen molar-refractivity contribution in [3.63, 3.8) is 0 Å². The first-order valence-corrected chi connectivity index (χ1v) is 8.72. The molecule has 1 aromatic heterocycles. The first-order valence-electron chi connectivity index (χ1n) is 7.11. The summed E-state index contributed by atoms with van der Waals surface area (Å²) in [4.78, 5) is 1.43. The van der Waals surface area contributed by atoms with Crippen molar-refractivity contribution < 1.29 is 0 Å². The Bertz CT molecular complexity index is 763. The highest BCUT2D eigenvalue weighted by Gasteiger charge is 2.14. The van der Waals surface area contributed by atoms with Crippen LogP contribution in [0.15, 0.2) is 53.0 Å². The van der Waals surface area contributed by atoms with Gasteiger partial charge in [0.1, 0.15) is 0 Å². The van der Waals surface area contributed by atoms with Crippen LogP contribution in [0.5, 0.6) is 0 Å². The van der Waals surface area contributed by atoms with E-state index in [1.807, 2.05) is 17.4 Å². The molecule has 1 unspecified atom stereocenters. The van der Waals surface area contributed by atoms with Crippen LogP contribution in [-0.2, 0) is 6.54 Å². The lowest BCUT2D eigenvalue weighted by Gasteiger charge is -2.14. The van der Waals surface area contributed by atoms with Gasteiger partial charge in [0.25, 0.3) is 0 Å². The number of rotatable bonds is 4. The van der Waals surface area contributed by atoms with Crippen LogP contribution in [0, 0.1) is 6.92 Å². The van der Waals surface area contributed by atoms with E-state index in [1.165, 1.54) is 26.1 Å². The average Bonchev–Trinajstić information content (AvgIpc) is 2.84. The molecular formula is C18H18BrNS. The quantitative estimate of drug-likeness (QED) is 0.618. The molecule has 108 valence electrons. The van der Waals surface area contributed by atoms with E-state index in [9.17, 15) is 0 Å². The van der Waals surface area contributed by atoms with Gasteiger partial charge in [0, 0.05) is 26.6 Å². The second kappa shape index (κ2) is 6.30. The van der Waals surface area contributed by atoms with Crippen molar-refractivity contribution in [3.8, 4) is 0 Å². The molecule has 3 rings (SSSR count). The lowest BCUT2D eigenvalue weighted by molar-refractivity contribution is 0.580. The van der Waals surface area contributed by atoms with Gasteiger partial charge in [-0.2, -0.15) is 0 Å². The number of nitrogens with one attached hydrogen (secondary N) is 1. The van der Waals surface area contributed by atoms with E-state index in [4.69, 9.17) is 0 Å². The number of thiophene rings is 1. The molecule has 1 atom stereocenters. The third kappa shape index (κ3) is 3.05. The van der Waals surface area contributed by atoms with Crippen LogP contribution in [0.25, 0.3) is 10.1 Å². The maximum absolute atomic E-state index is 3.64. The van der Waals surface area contributed by atoms with Gasteiger partial charge < -0.3 is 5.32 Å². The third-order valence-corrected chi connectivity index (χ3v) is 6.06. The second-order valence-corrected chi connectivity index (χ2v) is 7.22. The van der Waals surface area contributed by atoms with Gasteiger partial charge in [0.2, 0.25) is 0 Å². The summed E-state index contributed by atoms with van der Waals surface area (Å²) in [7, 11) is 0. The van der Waals surface area contributed by atoms with E-state index in [-0.39, 0.29) is 0 Å². The molecule has 21 heavy (non-hydrogen) atoms. The first kappa shape index (κ1) is 14.8.